The minimum Gasteiger partial charge on any atom is -0.406 e. The van der Waals surface area contributed by atoms with Crippen molar-refractivity contribution in [1.82, 2.24) is 5.16 Å². The topological polar surface area (TPSA) is 35.3 Å². The first-order valence-corrected chi connectivity index (χ1v) is 5.83. The summed E-state index contributed by atoms with van der Waals surface area (Å²) in [6.45, 7) is 0. The molecule has 0 radical (unpaired) electrons. The third kappa shape index (κ3) is 2.81. The van der Waals surface area contributed by atoms with Crippen molar-refractivity contribution in [2.75, 3.05) is 0 Å². The van der Waals surface area contributed by atoms with Crippen molar-refractivity contribution in [3.05, 3.63) is 48.3 Å². The molecule has 0 unspecified atom stereocenters. The standard InChI is InChI=1S/C14H7F4NO2/c15-9-3-6-11-12(7-9)21-19-13(11)8-1-4-10(5-2-8)20-14(16,17)18/h1-7H. The molecule has 21 heavy (non-hydrogen) atoms. The monoisotopic (exact) mass is 297 g/mol. The maximum atomic E-state index is 13.0. The Morgan fingerprint density at radius 3 is 2.38 bits per heavy atom. The van der Waals surface area contributed by atoms with Gasteiger partial charge in [0.15, 0.2) is 5.58 Å². The van der Waals surface area contributed by atoms with Gasteiger partial charge < -0.3 is 9.26 Å². The van der Waals surface area contributed by atoms with E-state index in [1.807, 2.05) is 0 Å². The predicted octanol–water partition coefficient (Wildman–Crippen LogP) is 4.53. The first-order chi connectivity index (χ1) is 9.92. The Bertz CT molecular complexity index is 778. The molecular weight excluding hydrogens is 290 g/mol. The molecule has 1 aromatic heterocycles. The Morgan fingerprint density at radius 1 is 1.00 bits per heavy atom. The van der Waals surface area contributed by atoms with Crippen molar-refractivity contribution in [1.29, 1.82) is 0 Å². The summed E-state index contributed by atoms with van der Waals surface area (Å²) in [5.41, 5.74) is 1.22. The van der Waals surface area contributed by atoms with E-state index in [2.05, 4.69) is 9.89 Å². The lowest BCUT2D eigenvalue weighted by Crippen LogP contribution is -2.16. The quantitative estimate of drug-likeness (QED) is 0.652. The zero-order valence-corrected chi connectivity index (χ0v) is 10.3. The van der Waals surface area contributed by atoms with Crippen LogP contribution >= 0.6 is 0 Å². The molecule has 0 amide bonds. The summed E-state index contributed by atoms with van der Waals surface area (Å²) in [7, 11) is 0. The second kappa shape index (κ2) is 4.76. The highest BCUT2D eigenvalue weighted by Gasteiger charge is 2.31. The molecule has 0 aliphatic rings. The van der Waals surface area contributed by atoms with Crippen molar-refractivity contribution in [3.63, 3.8) is 0 Å². The average Bonchev–Trinajstić information content (AvgIpc) is 2.80. The zero-order chi connectivity index (χ0) is 15.0. The van der Waals surface area contributed by atoms with Crippen molar-refractivity contribution < 1.29 is 26.8 Å². The molecule has 0 N–H and O–H groups in total. The van der Waals surface area contributed by atoms with Gasteiger partial charge in [-0.1, -0.05) is 5.16 Å². The van der Waals surface area contributed by atoms with Gasteiger partial charge in [0.1, 0.15) is 17.3 Å². The van der Waals surface area contributed by atoms with Gasteiger partial charge in [0.2, 0.25) is 0 Å². The molecule has 0 saturated carbocycles. The molecule has 0 bridgehead atoms. The molecule has 3 aromatic rings. The fourth-order valence-corrected chi connectivity index (χ4v) is 1.93. The van der Waals surface area contributed by atoms with E-state index in [0.29, 0.717) is 16.6 Å². The molecule has 3 rings (SSSR count). The zero-order valence-electron chi connectivity index (χ0n) is 10.3. The van der Waals surface area contributed by atoms with E-state index in [1.54, 1.807) is 0 Å². The highest BCUT2D eigenvalue weighted by Crippen LogP contribution is 2.30. The third-order valence-corrected chi connectivity index (χ3v) is 2.80. The first-order valence-electron chi connectivity index (χ1n) is 5.83. The van der Waals surface area contributed by atoms with Gasteiger partial charge in [0.05, 0.1) is 0 Å². The maximum absolute atomic E-state index is 13.0. The minimum absolute atomic E-state index is 0.264. The number of ether oxygens (including phenoxy) is 1. The Balaban J connectivity index is 1.96. The number of rotatable bonds is 2. The second-order valence-electron chi connectivity index (χ2n) is 4.24. The van der Waals surface area contributed by atoms with Crippen molar-refractivity contribution in [2.24, 2.45) is 0 Å². The van der Waals surface area contributed by atoms with Crippen LogP contribution in [0.3, 0.4) is 0 Å². The summed E-state index contributed by atoms with van der Waals surface area (Å²) in [5, 5.41) is 4.38. The molecular formula is C14H7F4NO2. The number of aromatic nitrogens is 1. The second-order valence-corrected chi connectivity index (χ2v) is 4.24. The highest BCUT2D eigenvalue weighted by molar-refractivity contribution is 5.91. The number of alkyl halides is 3. The van der Waals surface area contributed by atoms with E-state index in [4.69, 9.17) is 4.52 Å². The van der Waals surface area contributed by atoms with Gasteiger partial charge in [0, 0.05) is 17.0 Å². The van der Waals surface area contributed by atoms with Crippen LogP contribution in [0.15, 0.2) is 47.0 Å². The van der Waals surface area contributed by atoms with Gasteiger partial charge in [-0.2, -0.15) is 0 Å². The molecule has 0 aliphatic heterocycles. The summed E-state index contributed by atoms with van der Waals surface area (Å²) in [6.07, 6.45) is -4.74. The van der Waals surface area contributed by atoms with Gasteiger partial charge in [-0.25, -0.2) is 4.39 Å². The summed E-state index contributed by atoms with van der Waals surface area (Å²) < 4.78 is 58.1. The Hall–Kier alpha value is -2.57. The molecule has 2 aromatic carbocycles. The van der Waals surface area contributed by atoms with Gasteiger partial charge >= 0.3 is 6.36 Å². The molecule has 7 heteroatoms. The Kier molecular flexibility index (Phi) is 3.04. The van der Waals surface area contributed by atoms with E-state index in [0.717, 1.165) is 0 Å². The van der Waals surface area contributed by atoms with E-state index in [1.165, 1.54) is 42.5 Å². The average molecular weight is 297 g/mol. The molecule has 3 nitrogen and oxygen atoms in total. The van der Waals surface area contributed by atoms with Crippen LogP contribution in [0.4, 0.5) is 17.6 Å². The van der Waals surface area contributed by atoms with E-state index < -0.39 is 12.2 Å². The van der Waals surface area contributed by atoms with E-state index in [9.17, 15) is 17.6 Å². The lowest BCUT2D eigenvalue weighted by molar-refractivity contribution is -0.274. The van der Waals surface area contributed by atoms with Crippen molar-refractivity contribution >= 4 is 11.0 Å². The van der Waals surface area contributed by atoms with Gasteiger partial charge in [0.25, 0.3) is 0 Å². The number of benzene rings is 2. The molecule has 0 atom stereocenters. The molecule has 0 saturated heterocycles. The number of nitrogens with zero attached hydrogens (tertiary/aromatic N) is 1. The minimum atomic E-state index is -4.74. The maximum Gasteiger partial charge on any atom is 0.573 e. The molecule has 1 heterocycles. The molecule has 108 valence electrons. The van der Waals surface area contributed by atoms with Crippen LogP contribution in [0.25, 0.3) is 22.2 Å². The summed E-state index contributed by atoms with van der Waals surface area (Å²) in [6, 6.07) is 9.12. The summed E-state index contributed by atoms with van der Waals surface area (Å²) in [5.74, 6) is -0.788. The van der Waals surface area contributed by atoms with Crippen LogP contribution < -0.4 is 4.74 Å². The normalized spacial score (nSPS) is 11.8. The first kappa shape index (κ1) is 13.4. The number of hydrogen-bond acceptors (Lipinski definition) is 3. The van der Waals surface area contributed by atoms with Crippen LogP contribution in [0.1, 0.15) is 0 Å². The molecule has 0 aliphatic carbocycles. The van der Waals surface area contributed by atoms with Gasteiger partial charge in [-0.15, -0.1) is 13.2 Å². The molecule has 0 spiro atoms. The fraction of sp³-hybridized carbons (Fsp3) is 0.0714. The van der Waals surface area contributed by atoms with Crippen LogP contribution in [0.5, 0.6) is 5.75 Å². The van der Waals surface area contributed by atoms with E-state index in [-0.39, 0.29) is 11.3 Å². The fourth-order valence-electron chi connectivity index (χ4n) is 1.93. The predicted molar refractivity (Wildman–Crippen MR) is 66.1 cm³/mol. The Labute approximate surface area is 115 Å². The van der Waals surface area contributed by atoms with Crippen molar-refractivity contribution in [2.45, 2.75) is 6.36 Å². The number of fused-ring (bicyclic) bond motifs is 1. The Morgan fingerprint density at radius 2 is 1.71 bits per heavy atom. The third-order valence-electron chi connectivity index (χ3n) is 2.80. The number of hydrogen-bond donors (Lipinski definition) is 0. The van der Waals surface area contributed by atoms with Gasteiger partial charge in [-0.3, -0.25) is 0 Å². The van der Waals surface area contributed by atoms with Crippen LogP contribution in [-0.2, 0) is 0 Å². The SMILES string of the molecule is Fc1ccc2c(-c3ccc(OC(F)(F)F)cc3)noc2c1. The van der Waals surface area contributed by atoms with Crippen LogP contribution in [0, 0.1) is 5.82 Å². The lowest BCUT2D eigenvalue weighted by atomic mass is 10.1. The molecule has 0 fully saturated rings. The van der Waals surface area contributed by atoms with Crippen LogP contribution in [0.2, 0.25) is 0 Å². The number of halogens is 4. The summed E-state index contributed by atoms with van der Waals surface area (Å²) >= 11 is 0. The largest absolute Gasteiger partial charge is 0.573 e. The van der Waals surface area contributed by atoms with Crippen LogP contribution in [-0.4, -0.2) is 11.5 Å². The van der Waals surface area contributed by atoms with Crippen molar-refractivity contribution in [3.8, 4) is 17.0 Å². The van der Waals surface area contributed by atoms with E-state index >= 15 is 0 Å². The smallest absolute Gasteiger partial charge is 0.406 e. The lowest BCUT2D eigenvalue weighted by Gasteiger charge is -2.08. The highest BCUT2D eigenvalue weighted by atomic mass is 19.4. The summed E-state index contributed by atoms with van der Waals surface area (Å²) in [4.78, 5) is 0. The van der Waals surface area contributed by atoms with Gasteiger partial charge in [-0.05, 0) is 36.4 Å².